The van der Waals surface area contributed by atoms with E-state index in [-0.39, 0.29) is 0 Å². The van der Waals surface area contributed by atoms with Gasteiger partial charge >= 0.3 is 0 Å². The third-order valence-corrected chi connectivity index (χ3v) is 6.35. The van der Waals surface area contributed by atoms with Gasteiger partial charge in [0.05, 0.1) is 22.1 Å². The van der Waals surface area contributed by atoms with Gasteiger partial charge in [0, 0.05) is 11.1 Å². The molecule has 1 atom stereocenters. The van der Waals surface area contributed by atoms with E-state index < -0.39 is 5.41 Å². The second-order valence-corrected chi connectivity index (χ2v) is 7.79. The van der Waals surface area contributed by atoms with Crippen LogP contribution in [-0.2, 0) is 5.41 Å². The highest BCUT2D eigenvalue weighted by Crippen LogP contribution is 2.62. The van der Waals surface area contributed by atoms with E-state index in [1.54, 1.807) is 0 Å². The summed E-state index contributed by atoms with van der Waals surface area (Å²) < 4.78 is 6.28. The molecule has 136 valence electrons. The molecule has 0 fully saturated rings. The Morgan fingerprint density at radius 1 is 0.724 bits per heavy atom. The summed E-state index contributed by atoms with van der Waals surface area (Å²) >= 11 is 6.61. The van der Waals surface area contributed by atoms with E-state index in [2.05, 4.69) is 48.5 Å². The van der Waals surface area contributed by atoms with Gasteiger partial charge in [0.15, 0.2) is 5.75 Å². The molecule has 1 spiro atoms. The van der Waals surface area contributed by atoms with E-state index in [1.165, 1.54) is 11.1 Å². The van der Waals surface area contributed by atoms with Crippen LogP contribution < -0.4 is 4.74 Å². The molecule has 0 radical (unpaired) electrons. The van der Waals surface area contributed by atoms with Crippen LogP contribution >= 0.6 is 11.6 Å². The number of para-hydroxylation sites is 2. The van der Waals surface area contributed by atoms with Gasteiger partial charge in [-0.25, -0.2) is 0 Å². The second kappa shape index (κ2) is 5.73. The topological polar surface area (TPSA) is 33.0 Å². The third kappa shape index (κ3) is 1.95. The number of hydrogen-bond acceptors (Lipinski definition) is 2. The number of nitrogens with zero attached hydrogens (tertiary/aromatic N) is 1. The molecule has 0 N–H and O–H groups in total. The number of fused-ring (bicyclic) bond motifs is 9. The van der Waals surface area contributed by atoms with Gasteiger partial charge in [-0.1, -0.05) is 72.3 Å². The molecule has 29 heavy (non-hydrogen) atoms. The summed E-state index contributed by atoms with van der Waals surface area (Å²) in [5.41, 5.74) is 6.73. The molecule has 1 aliphatic carbocycles. The van der Waals surface area contributed by atoms with E-state index in [0.29, 0.717) is 16.3 Å². The summed E-state index contributed by atoms with van der Waals surface area (Å²) in [6.07, 6.45) is 0. The molecule has 0 amide bonds. The minimum Gasteiger partial charge on any atom is -0.455 e. The van der Waals surface area contributed by atoms with E-state index in [1.807, 2.05) is 42.5 Å². The predicted octanol–water partition coefficient (Wildman–Crippen LogP) is 6.68. The van der Waals surface area contributed by atoms with Gasteiger partial charge in [-0.05, 0) is 46.5 Å². The number of rotatable bonds is 0. The maximum absolute atomic E-state index is 9.61. The van der Waals surface area contributed by atoms with Crippen molar-refractivity contribution in [3.63, 3.8) is 0 Å². The highest BCUT2D eigenvalue weighted by atomic mass is 35.5. The lowest BCUT2D eigenvalue weighted by molar-refractivity contribution is 0.436. The number of benzene rings is 4. The van der Waals surface area contributed by atoms with Crippen molar-refractivity contribution in [3.05, 3.63) is 118 Å². The molecular formula is C26H14ClNO. The fraction of sp³-hybridized carbons (Fsp3) is 0.0385. The first-order chi connectivity index (χ1) is 14.2. The molecule has 2 nitrogen and oxygen atoms in total. The lowest BCUT2D eigenvalue weighted by Gasteiger charge is -2.39. The van der Waals surface area contributed by atoms with Gasteiger partial charge in [-0.3, -0.25) is 0 Å². The minimum atomic E-state index is -0.576. The Morgan fingerprint density at radius 3 is 2.31 bits per heavy atom. The lowest BCUT2D eigenvalue weighted by Crippen LogP contribution is -2.32. The Bertz CT molecular complexity index is 1370. The van der Waals surface area contributed by atoms with E-state index in [9.17, 15) is 5.26 Å². The SMILES string of the molecule is N#Cc1ccc2c(c1)C1(c3ccccc3Oc3c(Cl)cccc31)c1ccccc1-2. The number of halogens is 1. The van der Waals surface area contributed by atoms with Crippen LogP contribution in [0.1, 0.15) is 27.8 Å². The lowest BCUT2D eigenvalue weighted by atomic mass is 9.66. The molecule has 4 aromatic carbocycles. The highest BCUT2D eigenvalue weighted by molar-refractivity contribution is 6.32. The average molecular weight is 392 g/mol. The first-order valence-corrected chi connectivity index (χ1v) is 9.84. The van der Waals surface area contributed by atoms with Gasteiger partial charge in [-0.15, -0.1) is 0 Å². The van der Waals surface area contributed by atoms with Crippen LogP contribution in [0.5, 0.6) is 11.5 Å². The van der Waals surface area contributed by atoms with E-state index >= 15 is 0 Å². The number of nitriles is 1. The molecule has 3 heteroatoms. The van der Waals surface area contributed by atoms with Crippen molar-refractivity contribution in [1.29, 1.82) is 5.26 Å². The maximum atomic E-state index is 9.61. The smallest absolute Gasteiger partial charge is 0.150 e. The fourth-order valence-electron chi connectivity index (χ4n) is 4.96. The van der Waals surface area contributed by atoms with Crippen molar-refractivity contribution in [3.8, 4) is 28.7 Å². The Hall–Kier alpha value is -3.54. The third-order valence-electron chi connectivity index (χ3n) is 6.05. The molecule has 0 saturated carbocycles. The zero-order chi connectivity index (χ0) is 19.6. The second-order valence-electron chi connectivity index (χ2n) is 7.38. The van der Waals surface area contributed by atoms with Crippen LogP contribution in [-0.4, -0.2) is 0 Å². The summed E-state index contributed by atoms with van der Waals surface area (Å²) in [7, 11) is 0. The van der Waals surface area contributed by atoms with Crippen molar-refractivity contribution in [2.24, 2.45) is 0 Å². The van der Waals surface area contributed by atoms with Gasteiger partial charge in [0.2, 0.25) is 0 Å². The van der Waals surface area contributed by atoms with Crippen molar-refractivity contribution < 1.29 is 4.74 Å². The Morgan fingerprint density at radius 2 is 1.45 bits per heavy atom. The Balaban J connectivity index is 1.87. The summed E-state index contributed by atoms with van der Waals surface area (Å²) in [5.74, 6) is 1.47. The molecule has 1 unspecified atom stereocenters. The molecule has 1 heterocycles. The zero-order valence-electron chi connectivity index (χ0n) is 15.3. The van der Waals surface area contributed by atoms with Crippen molar-refractivity contribution in [1.82, 2.24) is 0 Å². The normalized spacial score (nSPS) is 17.5. The molecule has 1 aliphatic heterocycles. The van der Waals surface area contributed by atoms with Gasteiger partial charge in [0.25, 0.3) is 0 Å². The molecule has 2 aliphatic rings. The first-order valence-electron chi connectivity index (χ1n) is 9.46. The van der Waals surface area contributed by atoms with Crippen LogP contribution in [0.2, 0.25) is 5.02 Å². The van der Waals surface area contributed by atoms with Crippen LogP contribution in [0.25, 0.3) is 11.1 Å². The van der Waals surface area contributed by atoms with Crippen molar-refractivity contribution >= 4 is 11.6 Å². The molecule has 4 aromatic rings. The van der Waals surface area contributed by atoms with Crippen LogP contribution in [0.4, 0.5) is 0 Å². The summed E-state index contributed by atoms with van der Waals surface area (Å²) in [6.45, 7) is 0. The van der Waals surface area contributed by atoms with Crippen LogP contribution in [0, 0.1) is 11.3 Å². The quantitative estimate of drug-likeness (QED) is 0.289. The summed E-state index contributed by atoms with van der Waals surface area (Å²) in [6, 6.07) is 30.7. The molecule has 0 saturated heterocycles. The van der Waals surface area contributed by atoms with Gasteiger partial charge in [-0.2, -0.15) is 5.26 Å². The van der Waals surface area contributed by atoms with Gasteiger partial charge in [0.1, 0.15) is 5.75 Å². The molecule has 6 rings (SSSR count). The first kappa shape index (κ1) is 16.4. The standard InChI is InChI=1S/C26H14ClNO/c27-23-10-5-9-21-25(23)29-24-11-4-3-8-20(24)26(21)19-7-2-1-6-17(19)18-13-12-16(15-28)14-22(18)26/h1-14H. The highest BCUT2D eigenvalue weighted by Gasteiger charge is 2.51. The van der Waals surface area contributed by atoms with E-state index in [0.717, 1.165) is 28.0 Å². The van der Waals surface area contributed by atoms with Crippen molar-refractivity contribution in [2.75, 3.05) is 0 Å². The fourth-order valence-corrected chi connectivity index (χ4v) is 5.17. The summed E-state index contributed by atoms with van der Waals surface area (Å²) in [4.78, 5) is 0. The number of ether oxygens (including phenoxy) is 1. The average Bonchev–Trinajstić information content (AvgIpc) is 3.05. The van der Waals surface area contributed by atoms with E-state index in [4.69, 9.17) is 16.3 Å². The largest absolute Gasteiger partial charge is 0.455 e. The number of hydrogen-bond donors (Lipinski definition) is 0. The predicted molar refractivity (Wildman–Crippen MR) is 114 cm³/mol. The monoisotopic (exact) mass is 391 g/mol. The van der Waals surface area contributed by atoms with Crippen LogP contribution in [0.15, 0.2) is 84.9 Å². The minimum absolute atomic E-state index is 0.576. The molecule has 0 bridgehead atoms. The Kier molecular flexibility index (Phi) is 3.25. The van der Waals surface area contributed by atoms with Crippen molar-refractivity contribution in [2.45, 2.75) is 5.41 Å². The Labute approximate surface area is 173 Å². The molecule has 0 aromatic heterocycles. The van der Waals surface area contributed by atoms with Crippen LogP contribution in [0.3, 0.4) is 0 Å². The molecular weight excluding hydrogens is 378 g/mol. The maximum Gasteiger partial charge on any atom is 0.150 e. The summed E-state index contributed by atoms with van der Waals surface area (Å²) in [5, 5.41) is 10.2. The van der Waals surface area contributed by atoms with Gasteiger partial charge < -0.3 is 4.74 Å². The zero-order valence-corrected chi connectivity index (χ0v) is 16.1.